The molecule has 0 spiro atoms. The molecule has 2 atom stereocenters. The lowest BCUT2D eigenvalue weighted by molar-refractivity contribution is 0.486. The van der Waals surface area contributed by atoms with Gasteiger partial charge >= 0.3 is 0 Å². The fraction of sp³-hybridized carbons (Fsp3) is 0.800. The van der Waals surface area contributed by atoms with Gasteiger partial charge in [0.25, 0.3) is 0 Å². The van der Waals surface area contributed by atoms with Gasteiger partial charge in [0.15, 0.2) is 0 Å². The Morgan fingerprint density at radius 1 is 1.33 bits per heavy atom. The summed E-state index contributed by atoms with van der Waals surface area (Å²) in [5.74, 6) is 2.98. The molecule has 0 N–H and O–H groups in total. The molecule has 0 amide bonds. The normalized spacial score (nSPS) is 31.1. The first-order chi connectivity index (χ1) is 7.27. The van der Waals surface area contributed by atoms with E-state index in [2.05, 4.69) is 21.7 Å². The van der Waals surface area contributed by atoms with Crippen molar-refractivity contribution in [2.24, 2.45) is 0 Å². The summed E-state index contributed by atoms with van der Waals surface area (Å²) in [7, 11) is 0. The third-order valence-corrected chi connectivity index (χ3v) is 4.86. The highest BCUT2D eigenvalue weighted by molar-refractivity contribution is 8.00. The minimum Gasteiger partial charge on any atom is -0.297 e. The fourth-order valence-electron chi connectivity index (χ4n) is 2.27. The van der Waals surface area contributed by atoms with Gasteiger partial charge in [0.1, 0.15) is 5.82 Å². The van der Waals surface area contributed by atoms with Crippen LogP contribution in [-0.4, -0.2) is 25.8 Å². The molecule has 15 heavy (non-hydrogen) atoms. The minimum atomic E-state index is 0.507. The van der Waals surface area contributed by atoms with Crippen LogP contribution in [0.1, 0.15) is 44.0 Å². The van der Waals surface area contributed by atoms with Crippen LogP contribution in [0.4, 0.5) is 0 Å². The molecule has 1 aliphatic carbocycles. The van der Waals surface area contributed by atoms with E-state index in [0.717, 1.165) is 5.82 Å². The average molecular weight is 244 g/mol. The first kappa shape index (κ1) is 9.97. The topological polar surface area (TPSA) is 30.7 Å². The number of rotatable bonds is 2. The zero-order chi connectivity index (χ0) is 10.4. The summed E-state index contributed by atoms with van der Waals surface area (Å²) in [5, 5.41) is 9.47. The molecule has 2 aliphatic rings. The first-order valence-electron chi connectivity index (χ1n) is 5.49. The van der Waals surface area contributed by atoms with Gasteiger partial charge in [-0.15, -0.1) is 10.2 Å². The molecule has 1 saturated heterocycles. The highest BCUT2D eigenvalue weighted by atomic mass is 35.5. The molecule has 2 heterocycles. The van der Waals surface area contributed by atoms with E-state index in [1.807, 2.05) is 11.8 Å². The van der Waals surface area contributed by atoms with Crippen LogP contribution in [0.25, 0.3) is 0 Å². The molecular formula is C10H14ClN3S. The summed E-state index contributed by atoms with van der Waals surface area (Å²) in [4.78, 5) is 0. The molecule has 2 fully saturated rings. The van der Waals surface area contributed by atoms with Crippen LogP contribution in [-0.2, 0) is 0 Å². The van der Waals surface area contributed by atoms with E-state index < -0.39 is 0 Å². The SMILES string of the molecule is CC1SCCC1n1c(Cl)nnc1C1CC1. The molecule has 1 aliphatic heterocycles. The predicted octanol–water partition coefficient (Wildman–Crippen LogP) is 2.88. The van der Waals surface area contributed by atoms with Crippen LogP contribution in [0, 0.1) is 0 Å². The molecule has 82 valence electrons. The number of thioether (sulfide) groups is 1. The van der Waals surface area contributed by atoms with Crippen molar-refractivity contribution in [2.75, 3.05) is 5.75 Å². The molecule has 0 aromatic carbocycles. The van der Waals surface area contributed by atoms with Gasteiger partial charge in [-0.3, -0.25) is 4.57 Å². The van der Waals surface area contributed by atoms with E-state index in [1.165, 1.54) is 25.0 Å². The van der Waals surface area contributed by atoms with E-state index in [0.29, 0.717) is 22.5 Å². The van der Waals surface area contributed by atoms with E-state index in [-0.39, 0.29) is 0 Å². The van der Waals surface area contributed by atoms with Gasteiger partial charge in [-0.05, 0) is 36.6 Å². The largest absolute Gasteiger partial charge is 0.297 e. The van der Waals surface area contributed by atoms with Crippen LogP contribution < -0.4 is 0 Å². The van der Waals surface area contributed by atoms with Gasteiger partial charge in [-0.25, -0.2) is 0 Å². The van der Waals surface area contributed by atoms with E-state index in [9.17, 15) is 0 Å². The fourth-order valence-corrected chi connectivity index (χ4v) is 3.75. The predicted molar refractivity (Wildman–Crippen MR) is 62.6 cm³/mol. The van der Waals surface area contributed by atoms with Crippen molar-refractivity contribution in [1.29, 1.82) is 0 Å². The van der Waals surface area contributed by atoms with Crippen LogP contribution in [0.5, 0.6) is 0 Å². The van der Waals surface area contributed by atoms with Gasteiger partial charge in [0, 0.05) is 11.2 Å². The first-order valence-corrected chi connectivity index (χ1v) is 6.92. The van der Waals surface area contributed by atoms with Crippen LogP contribution in [0.3, 0.4) is 0 Å². The Morgan fingerprint density at radius 3 is 2.73 bits per heavy atom. The van der Waals surface area contributed by atoms with Crippen molar-refractivity contribution in [3.8, 4) is 0 Å². The molecule has 1 saturated carbocycles. The quantitative estimate of drug-likeness (QED) is 0.800. The second-order valence-corrected chi connectivity index (χ2v) is 6.23. The summed E-state index contributed by atoms with van der Waals surface area (Å²) in [6, 6.07) is 0.507. The number of hydrogen-bond acceptors (Lipinski definition) is 3. The van der Waals surface area contributed by atoms with E-state index in [1.54, 1.807) is 0 Å². The molecule has 0 bridgehead atoms. The maximum absolute atomic E-state index is 6.14. The maximum atomic E-state index is 6.14. The van der Waals surface area contributed by atoms with Crippen LogP contribution in [0.15, 0.2) is 0 Å². The molecule has 1 aromatic rings. The molecule has 3 nitrogen and oxygen atoms in total. The lowest BCUT2D eigenvalue weighted by Gasteiger charge is -2.18. The Hall–Kier alpha value is -0.220. The molecule has 3 rings (SSSR count). The monoisotopic (exact) mass is 243 g/mol. The van der Waals surface area contributed by atoms with Crippen molar-refractivity contribution in [2.45, 2.75) is 43.4 Å². The Labute approximate surface area is 98.6 Å². The second kappa shape index (κ2) is 3.67. The Morgan fingerprint density at radius 2 is 2.13 bits per heavy atom. The lowest BCUT2D eigenvalue weighted by Crippen LogP contribution is -2.17. The van der Waals surface area contributed by atoms with Crippen LogP contribution in [0.2, 0.25) is 5.28 Å². The summed E-state index contributed by atoms with van der Waals surface area (Å²) < 4.78 is 2.18. The van der Waals surface area contributed by atoms with Crippen molar-refractivity contribution in [1.82, 2.24) is 14.8 Å². The van der Waals surface area contributed by atoms with Gasteiger partial charge in [0.2, 0.25) is 5.28 Å². The van der Waals surface area contributed by atoms with E-state index >= 15 is 0 Å². The van der Waals surface area contributed by atoms with Gasteiger partial charge in [-0.2, -0.15) is 11.8 Å². The molecule has 2 unspecified atom stereocenters. The zero-order valence-corrected chi connectivity index (χ0v) is 10.3. The van der Waals surface area contributed by atoms with Crippen molar-refractivity contribution in [3.05, 3.63) is 11.1 Å². The van der Waals surface area contributed by atoms with E-state index in [4.69, 9.17) is 11.6 Å². The van der Waals surface area contributed by atoms with Crippen molar-refractivity contribution in [3.63, 3.8) is 0 Å². The smallest absolute Gasteiger partial charge is 0.225 e. The average Bonchev–Trinajstić information content (AvgIpc) is 2.88. The van der Waals surface area contributed by atoms with Crippen LogP contribution >= 0.6 is 23.4 Å². The van der Waals surface area contributed by atoms with Gasteiger partial charge in [-0.1, -0.05) is 6.92 Å². The van der Waals surface area contributed by atoms with Gasteiger partial charge < -0.3 is 0 Å². The second-order valence-electron chi connectivity index (χ2n) is 4.40. The molecule has 0 radical (unpaired) electrons. The number of hydrogen-bond donors (Lipinski definition) is 0. The molecule has 5 heteroatoms. The summed E-state index contributed by atoms with van der Waals surface area (Å²) in [6.07, 6.45) is 3.70. The third kappa shape index (κ3) is 1.68. The highest BCUT2D eigenvalue weighted by Gasteiger charge is 2.35. The zero-order valence-electron chi connectivity index (χ0n) is 8.69. The summed E-state index contributed by atoms with van der Waals surface area (Å²) in [6.45, 7) is 2.27. The lowest BCUT2D eigenvalue weighted by atomic mass is 10.1. The third-order valence-electron chi connectivity index (χ3n) is 3.29. The van der Waals surface area contributed by atoms with Crippen molar-refractivity contribution >= 4 is 23.4 Å². The molecule has 1 aromatic heterocycles. The maximum Gasteiger partial charge on any atom is 0.225 e. The van der Waals surface area contributed by atoms with Gasteiger partial charge in [0.05, 0.1) is 6.04 Å². The number of halogens is 1. The number of aromatic nitrogens is 3. The Kier molecular flexibility index (Phi) is 2.44. The standard InChI is InChI=1S/C10H14ClN3S/c1-6-8(4-5-15-6)14-9(7-2-3-7)12-13-10(14)11/h6-8H,2-5H2,1H3. The summed E-state index contributed by atoms with van der Waals surface area (Å²) >= 11 is 8.16. The van der Waals surface area contributed by atoms with Crippen molar-refractivity contribution < 1.29 is 0 Å². The summed E-state index contributed by atoms with van der Waals surface area (Å²) in [5.41, 5.74) is 0. The number of nitrogens with zero attached hydrogens (tertiary/aromatic N) is 3. The Bertz CT molecular complexity index is 375. The Balaban J connectivity index is 1.97. The molecular weight excluding hydrogens is 230 g/mol. The minimum absolute atomic E-state index is 0.507. The highest BCUT2D eigenvalue weighted by Crippen LogP contribution is 2.44.